The average Bonchev–Trinajstić information content (AvgIpc) is 3.14. The molecule has 3 rings (SSSR count). The van der Waals surface area contributed by atoms with Crippen LogP contribution in [0.2, 0.25) is 0 Å². The van der Waals surface area contributed by atoms with Crippen LogP contribution in [-0.4, -0.2) is 20.4 Å². The van der Waals surface area contributed by atoms with Crippen LogP contribution >= 0.6 is 23.1 Å². The summed E-state index contributed by atoms with van der Waals surface area (Å²) in [6.07, 6.45) is 0. The van der Waals surface area contributed by atoms with Gasteiger partial charge >= 0.3 is 0 Å². The average molecular weight is 315 g/mol. The predicted molar refractivity (Wildman–Crippen MR) is 78.0 cm³/mol. The highest BCUT2D eigenvalue weighted by atomic mass is 32.2. The van der Waals surface area contributed by atoms with Crippen molar-refractivity contribution in [2.24, 2.45) is 0 Å². The number of rotatable bonds is 3. The SMILES string of the molecule is Cc1nnc(Sc2nnc(-c3cccs3)o2)c(C#N)c1C. The Morgan fingerprint density at radius 1 is 1.24 bits per heavy atom. The van der Waals surface area contributed by atoms with Gasteiger partial charge in [0.05, 0.1) is 16.1 Å². The van der Waals surface area contributed by atoms with Crippen molar-refractivity contribution >= 4 is 23.1 Å². The summed E-state index contributed by atoms with van der Waals surface area (Å²) < 4.78 is 5.58. The molecule has 21 heavy (non-hydrogen) atoms. The number of nitrogens with zero attached hydrogens (tertiary/aromatic N) is 5. The lowest BCUT2D eigenvalue weighted by atomic mass is 10.1. The first-order valence-corrected chi connectivity index (χ1v) is 7.68. The molecule has 3 aromatic heterocycles. The van der Waals surface area contributed by atoms with Crippen molar-refractivity contribution in [3.05, 3.63) is 34.3 Å². The Balaban J connectivity index is 1.92. The molecule has 0 spiro atoms. The quantitative estimate of drug-likeness (QED) is 0.733. The highest BCUT2D eigenvalue weighted by Crippen LogP contribution is 2.32. The number of aryl methyl sites for hydroxylation is 1. The number of hydrogen-bond acceptors (Lipinski definition) is 8. The predicted octanol–water partition coefficient (Wildman–Crippen LogP) is 3.23. The van der Waals surface area contributed by atoms with E-state index in [-0.39, 0.29) is 0 Å². The van der Waals surface area contributed by atoms with E-state index in [0.717, 1.165) is 27.9 Å². The summed E-state index contributed by atoms with van der Waals surface area (Å²) in [6, 6.07) is 5.97. The molecule has 0 aromatic carbocycles. The molecule has 104 valence electrons. The molecule has 0 N–H and O–H groups in total. The van der Waals surface area contributed by atoms with Crippen molar-refractivity contribution < 1.29 is 4.42 Å². The zero-order valence-electron chi connectivity index (χ0n) is 11.2. The van der Waals surface area contributed by atoms with Crippen molar-refractivity contribution in [1.29, 1.82) is 5.26 Å². The summed E-state index contributed by atoms with van der Waals surface area (Å²) in [7, 11) is 0. The van der Waals surface area contributed by atoms with Gasteiger partial charge in [-0.05, 0) is 42.6 Å². The van der Waals surface area contributed by atoms with E-state index in [1.807, 2.05) is 31.4 Å². The maximum atomic E-state index is 9.26. The van der Waals surface area contributed by atoms with Crippen molar-refractivity contribution in [2.75, 3.05) is 0 Å². The lowest BCUT2D eigenvalue weighted by molar-refractivity contribution is 0.466. The van der Waals surface area contributed by atoms with Crippen molar-refractivity contribution in [3.8, 4) is 16.8 Å². The maximum Gasteiger partial charge on any atom is 0.283 e. The molecule has 0 aliphatic rings. The standard InChI is InChI=1S/C13H9N5OS2/c1-7-8(2)15-17-12(9(7)6-14)21-13-18-16-11(19-13)10-4-3-5-20-10/h3-5H,1-2H3. The fraction of sp³-hybridized carbons (Fsp3) is 0.154. The van der Waals surface area contributed by atoms with Gasteiger partial charge in [0.2, 0.25) is 0 Å². The molecule has 0 saturated carbocycles. The van der Waals surface area contributed by atoms with Gasteiger partial charge in [0.25, 0.3) is 11.1 Å². The van der Waals surface area contributed by atoms with E-state index in [0.29, 0.717) is 21.7 Å². The minimum absolute atomic E-state index is 0.340. The smallest absolute Gasteiger partial charge is 0.283 e. The van der Waals surface area contributed by atoms with Crippen LogP contribution in [0, 0.1) is 25.2 Å². The van der Waals surface area contributed by atoms with Gasteiger partial charge < -0.3 is 4.42 Å². The number of nitriles is 1. The van der Waals surface area contributed by atoms with Gasteiger partial charge in [-0.1, -0.05) is 6.07 Å². The molecule has 8 heteroatoms. The molecule has 6 nitrogen and oxygen atoms in total. The van der Waals surface area contributed by atoms with Crippen LogP contribution in [0.25, 0.3) is 10.8 Å². The molecule has 0 atom stereocenters. The van der Waals surface area contributed by atoms with Gasteiger partial charge in [-0.15, -0.1) is 26.6 Å². The van der Waals surface area contributed by atoms with Crippen LogP contribution in [0.5, 0.6) is 0 Å². The molecule has 0 fully saturated rings. The van der Waals surface area contributed by atoms with Crippen LogP contribution in [-0.2, 0) is 0 Å². The Morgan fingerprint density at radius 2 is 2.10 bits per heavy atom. The summed E-state index contributed by atoms with van der Waals surface area (Å²) in [6.45, 7) is 3.66. The topological polar surface area (TPSA) is 88.5 Å². The largest absolute Gasteiger partial charge is 0.410 e. The summed E-state index contributed by atoms with van der Waals surface area (Å²) in [5.41, 5.74) is 2.04. The molecule has 0 radical (unpaired) electrons. The van der Waals surface area contributed by atoms with E-state index in [2.05, 4.69) is 26.5 Å². The van der Waals surface area contributed by atoms with Gasteiger partial charge in [-0.2, -0.15) is 10.4 Å². The van der Waals surface area contributed by atoms with Crippen LogP contribution in [0.15, 0.2) is 32.2 Å². The Bertz CT molecular complexity index is 820. The molecule has 3 aromatic rings. The van der Waals surface area contributed by atoms with Gasteiger partial charge in [0.1, 0.15) is 11.1 Å². The lowest BCUT2D eigenvalue weighted by Gasteiger charge is -2.03. The molecule has 0 aliphatic carbocycles. The minimum Gasteiger partial charge on any atom is -0.410 e. The van der Waals surface area contributed by atoms with Crippen LogP contribution in [0.1, 0.15) is 16.8 Å². The molecule has 3 heterocycles. The third-order valence-electron chi connectivity index (χ3n) is 2.86. The number of hydrogen-bond donors (Lipinski definition) is 0. The van der Waals surface area contributed by atoms with Crippen LogP contribution < -0.4 is 0 Å². The molecule has 0 amide bonds. The Labute approximate surface area is 128 Å². The molecule has 0 saturated heterocycles. The van der Waals surface area contributed by atoms with Gasteiger partial charge in [-0.25, -0.2) is 0 Å². The fourth-order valence-corrected chi connectivity index (χ4v) is 3.02. The third kappa shape index (κ3) is 2.66. The Hall–Kier alpha value is -2.24. The first-order valence-electron chi connectivity index (χ1n) is 5.98. The van der Waals surface area contributed by atoms with E-state index in [1.165, 1.54) is 11.3 Å². The highest BCUT2D eigenvalue weighted by Gasteiger charge is 2.16. The zero-order valence-corrected chi connectivity index (χ0v) is 12.8. The van der Waals surface area contributed by atoms with Crippen molar-refractivity contribution in [1.82, 2.24) is 20.4 Å². The first kappa shape index (κ1) is 13.7. The van der Waals surface area contributed by atoms with Crippen molar-refractivity contribution in [3.63, 3.8) is 0 Å². The molecular weight excluding hydrogens is 306 g/mol. The molecule has 0 unspecified atom stereocenters. The summed E-state index contributed by atoms with van der Waals surface area (Å²) in [5, 5.41) is 28.1. The second-order valence-corrected chi connectivity index (χ2v) is 6.04. The second kappa shape index (κ2) is 5.63. The normalized spacial score (nSPS) is 10.5. The monoisotopic (exact) mass is 315 g/mol. The van der Waals surface area contributed by atoms with Crippen LogP contribution in [0.3, 0.4) is 0 Å². The highest BCUT2D eigenvalue weighted by molar-refractivity contribution is 7.99. The summed E-state index contributed by atoms with van der Waals surface area (Å²) in [5.74, 6) is 0.461. The molecule has 0 bridgehead atoms. The van der Waals surface area contributed by atoms with Crippen molar-refractivity contribution in [2.45, 2.75) is 24.1 Å². The lowest BCUT2D eigenvalue weighted by Crippen LogP contribution is -1.98. The van der Waals surface area contributed by atoms with Gasteiger partial charge in [-0.3, -0.25) is 0 Å². The molecular formula is C13H9N5OS2. The van der Waals surface area contributed by atoms with Gasteiger partial charge in [0.15, 0.2) is 0 Å². The van der Waals surface area contributed by atoms with E-state index in [4.69, 9.17) is 4.42 Å². The maximum absolute atomic E-state index is 9.26. The third-order valence-corrected chi connectivity index (χ3v) is 4.53. The van der Waals surface area contributed by atoms with Gasteiger partial charge in [0, 0.05) is 0 Å². The minimum atomic E-state index is 0.340. The first-order chi connectivity index (χ1) is 10.2. The van der Waals surface area contributed by atoms with E-state index in [9.17, 15) is 5.26 Å². The van der Waals surface area contributed by atoms with E-state index in [1.54, 1.807) is 0 Å². The Kier molecular flexibility index (Phi) is 3.68. The van der Waals surface area contributed by atoms with Crippen LogP contribution in [0.4, 0.5) is 0 Å². The van der Waals surface area contributed by atoms with E-state index >= 15 is 0 Å². The Morgan fingerprint density at radius 3 is 2.81 bits per heavy atom. The zero-order chi connectivity index (χ0) is 14.8. The summed E-state index contributed by atoms with van der Waals surface area (Å²) >= 11 is 2.67. The molecule has 0 aliphatic heterocycles. The summed E-state index contributed by atoms with van der Waals surface area (Å²) in [4.78, 5) is 0.904. The fourth-order valence-electron chi connectivity index (χ4n) is 1.62. The van der Waals surface area contributed by atoms with E-state index < -0.39 is 0 Å². The number of aromatic nitrogens is 4. The second-order valence-electron chi connectivity index (χ2n) is 4.15. The number of thiophene rings is 1.